The zero-order chi connectivity index (χ0) is 25.1. The number of fused-ring (bicyclic) bond motifs is 3. The molecular weight excluding hydrogens is 473 g/mol. The van der Waals surface area contributed by atoms with Crippen LogP contribution in [0.1, 0.15) is 68.9 Å². The van der Waals surface area contributed by atoms with Crippen molar-refractivity contribution in [1.29, 1.82) is 0 Å². The van der Waals surface area contributed by atoms with Gasteiger partial charge in [0.25, 0.3) is 0 Å². The number of benzene rings is 2. The summed E-state index contributed by atoms with van der Waals surface area (Å²) in [6, 6.07) is 8.03. The summed E-state index contributed by atoms with van der Waals surface area (Å²) in [6.45, 7) is 8.09. The Balaban J connectivity index is 1.66. The average Bonchev–Trinajstić information content (AvgIpc) is 3.29. The van der Waals surface area contributed by atoms with E-state index in [0.29, 0.717) is 45.0 Å². The van der Waals surface area contributed by atoms with Crippen molar-refractivity contribution in [3.63, 3.8) is 0 Å². The molecule has 0 bridgehead atoms. The highest BCUT2D eigenvalue weighted by atomic mass is 35.5. The van der Waals surface area contributed by atoms with E-state index < -0.39 is 12.2 Å². The van der Waals surface area contributed by atoms with Crippen LogP contribution in [0.5, 0.6) is 0 Å². The summed E-state index contributed by atoms with van der Waals surface area (Å²) >= 11 is 6.57. The molecule has 35 heavy (non-hydrogen) atoms. The monoisotopic (exact) mass is 498 g/mol. The van der Waals surface area contributed by atoms with E-state index in [1.54, 1.807) is 36.7 Å². The van der Waals surface area contributed by atoms with E-state index in [4.69, 9.17) is 16.6 Å². The Labute approximate surface area is 207 Å². The first-order chi connectivity index (χ1) is 16.5. The maximum atomic E-state index is 15.2. The number of hydrogen-bond acceptors (Lipinski definition) is 3. The van der Waals surface area contributed by atoms with Crippen molar-refractivity contribution >= 4 is 22.6 Å². The second kappa shape index (κ2) is 8.63. The van der Waals surface area contributed by atoms with Gasteiger partial charge in [0.2, 0.25) is 6.43 Å². The molecule has 0 fully saturated rings. The van der Waals surface area contributed by atoms with Gasteiger partial charge in [-0.2, -0.15) is 0 Å². The molecule has 1 aliphatic heterocycles. The Kier molecular flexibility index (Phi) is 5.86. The Morgan fingerprint density at radius 1 is 1.14 bits per heavy atom. The molecule has 3 heterocycles. The lowest BCUT2D eigenvalue weighted by Gasteiger charge is -2.21. The molecule has 5 rings (SSSR count). The minimum atomic E-state index is -2.48. The van der Waals surface area contributed by atoms with Gasteiger partial charge in [-0.15, -0.1) is 0 Å². The molecule has 0 N–H and O–H groups in total. The van der Waals surface area contributed by atoms with Gasteiger partial charge in [-0.05, 0) is 29.7 Å². The van der Waals surface area contributed by atoms with Crippen LogP contribution in [0.2, 0.25) is 5.02 Å². The fourth-order valence-electron chi connectivity index (χ4n) is 4.98. The number of aromatic nitrogens is 4. The summed E-state index contributed by atoms with van der Waals surface area (Å²) in [7, 11) is 0. The van der Waals surface area contributed by atoms with Gasteiger partial charge in [0, 0.05) is 52.4 Å². The van der Waals surface area contributed by atoms with Gasteiger partial charge in [0.15, 0.2) is 0 Å². The lowest BCUT2D eigenvalue weighted by atomic mass is 9.94. The Morgan fingerprint density at radius 2 is 1.86 bits per heavy atom. The molecule has 1 unspecified atom stereocenters. The second-order valence-electron chi connectivity index (χ2n) is 10.3. The molecule has 2 atom stereocenters. The molecule has 4 aromatic rings. The molecule has 4 nitrogen and oxygen atoms in total. The molecule has 2 aromatic heterocycles. The van der Waals surface area contributed by atoms with E-state index in [0.717, 1.165) is 11.3 Å². The molecular formula is C27H26ClF3N4. The first-order valence-corrected chi connectivity index (χ1v) is 12.0. The summed E-state index contributed by atoms with van der Waals surface area (Å²) in [5.41, 5.74) is 3.16. The molecule has 8 heteroatoms. The molecule has 1 aliphatic rings. The van der Waals surface area contributed by atoms with Crippen LogP contribution in [-0.4, -0.2) is 25.9 Å². The molecule has 0 saturated heterocycles. The third-order valence-electron chi connectivity index (χ3n) is 6.62. The third kappa shape index (κ3) is 4.20. The number of halogens is 4. The molecule has 0 saturated carbocycles. The first kappa shape index (κ1) is 23.8. The van der Waals surface area contributed by atoms with Crippen LogP contribution in [0.25, 0.3) is 22.2 Å². The summed E-state index contributed by atoms with van der Waals surface area (Å²) in [6.07, 6.45) is 1.08. The topological polar surface area (TPSA) is 43.6 Å². The van der Waals surface area contributed by atoms with Gasteiger partial charge in [-0.3, -0.25) is 0 Å². The predicted octanol–water partition coefficient (Wildman–Crippen LogP) is 7.49. The first-order valence-electron chi connectivity index (χ1n) is 11.6. The van der Waals surface area contributed by atoms with Crippen LogP contribution >= 0.6 is 11.6 Å². The number of hydrogen-bond donors (Lipinski definition) is 0. The predicted molar refractivity (Wildman–Crippen MR) is 132 cm³/mol. The van der Waals surface area contributed by atoms with Gasteiger partial charge in [-0.25, -0.2) is 28.1 Å². The Hall–Kier alpha value is -2.93. The highest BCUT2D eigenvalue weighted by Gasteiger charge is 2.35. The van der Waals surface area contributed by atoms with E-state index in [1.807, 2.05) is 32.3 Å². The van der Waals surface area contributed by atoms with Crippen molar-refractivity contribution < 1.29 is 13.2 Å². The van der Waals surface area contributed by atoms with E-state index >= 15 is 4.39 Å². The fraction of sp³-hybridized carbons (Fsp3) is 0.370. The molecule has 0 amide bonds. The maximum absolute atomic E-state index is 15.2. The van der Waals surface area contributed by atoms with Gasteiger partial charge in [0.05, 0.1) is 17.1 Å². The van der Waals surface area contributed by atoms with E-state index in [2.05, 4.69) is 9.97 Å². The average molecular weight is 499 g/mol. The summed E-state index contributed by atoms with van der Waals surface area (Å²) in [5, 5.41) is 0.448. The van der Waals surface area contributed by atoms with E-state index in [9.17, 15) is 8.78 Å². The SMILES string of the molecule is CC1C[C@H](c2c(Cl)cccc2CC(F)F)n2c1nc1cc(F)c(-c3cnc(C(C)(C)C)nc3)cc12. The fourth-order valence-corrected chi connectivity index (χ4v) is 5.30. The van der Waals surface area contributed by atoms with Crippen molar-refractivity contribution in [2.75, 3.05) is 0 Å². The standard InChI is InChI=1S/C27H26ClF3N4/c1-14-8-22(24-15(9-23(30)31)6-5-7-18(24)28)35-21-10-17(19(29)11-20(21)34-25(14)35)16-12-32-26(33-13-16)27(2,3)4/h5-7,10-14,22-23H,8-9H2,1-4H3/t14?,22-/m1/s1. The third-order valence-corrected chi connectivity index (χ3v) is 6.95. The zero-order valence-corrected chi connectivity index (χ0v) is 20.7. The number of imidazole rings is 1. The number of rotatable bonds is 4. The molecule has 0 radical (unpaired) electrons. The van der Waals surface area contributed by atoms with Crippen molar-refractivity contribution in [2.45, 2.75) is 64.3 Å². The lowest BCUT2D eigenvalue weighted by Crippen LogP contribution is -2.15. The highest BCUT2D eigenvalue weighted by Crippen LogP contribution is 2.46. The lowest BCUT2D eigenvalue weighted by molar-refractivity contribution is 0.148. The summed E-state index contributed by atoms with van der Waals surface area (Å²) < 4.78 is 43.9. The maximum Gasteiger partial charge on any atom is 0.242 e. The van der Waals surface area contributed by atoms with Crippen LogP contribution < -0.4 is 0 Å². The van der Waals surface area contributed by atoms with Gasteiger partial charge < -0.3 is 4.57 Å². The molecule has 2 aromatic carbocycles. The number of nitrogens with zero attached hydrogens (tertiary/aromatic N) is 4. The van der Waals surface area contributed by atoms with Crippen LogP contribution in [0.3, 0.4) is 0 Å². The van der Waals surface area contributed by atoms with Crippen LogP contribution in [0.4, 0.5) is 13.2 Å². The van der Waals surface area contributed by atoms with Crippen LogP contribution in [-0.2, 0) is 11.8 Å². The smallest absolute Gasteiger partial charge is 0.242 e. The van der Waals surface area contributed by atoms with Crippen molar-refractivity contribution in [3.05, 3.63) is 76.3 Å². The van der Waals surface area contributed by atoms with Gasteiger partial charge >= 0.3 is 0 Å². The van der Waals surface area contributed by atoms with Crippen LogP contribution in [0, 0.1) is 5.82 Å². The largest absolute Gasteiger partial charge is 0.320 e. The van der Waals surface area contributed by atoms with E-state index in [-0.39, 0.29) is 23.8 Å². The highest BCUT2D eigenvalue weighted by molar-refractivity contribution is 6.31. The zero-order valence-electron chi connectivity index (χ0n) is 20.0. The summed E-state index contributed by atoms with van der Waals surface area (Å²) in [4.78, 5) is 13.6. The van der Waals surface area contributed by atoms with Crippen molar-refractivity contribution in [1.82, 2.24) is 19.5 Å². The molecule has 182 valence electrons. The van der Waals surface area contributed by atoms with E-state index in [1.165, 1.54) is 6.07 Å². The Bertz CT molecular complexity index is 1410. The molecule has 0 aliphatic carbocycles. The van der Waals surface area contributed by atoms with Gasteiger partial charge in [-0.1, -0.05) is 51.4 Å². The normalized spacial score (nSPS) is 18.0. The van der Waals surface area contributed by atoms with Crippen LogP contribution in [0.15, 0.2) is 42.7 Å². The van der Waals surface area contributed by atoms with Crippen molar-refractivity contribution in [3.8, 4) is 11.1 Å². The second-order valence-corrected chi connectivity index (χ2v) is 10.7. The minimum Gasteiger partial charge on any atom is -0.320 e. The molecule has 0 spiro atoms. The Morgan fingerprint density at radius 3 is 2.51 bits per heavy atom. The summed E-state index contributed by atoms with van der Waals surface area (Å²) in [5.74, 6) is 1.11. The minimum absolute atomic E-state index is 0.0592. The van der Waals surface area contributed by atoms with Crippen molar-refractivity contribution in [2.24, 2.45) is 0 Å². The number of alkyl halides is 2. The quantitative estimate of drug-likeness (QED) is 0.293. The van der Waals surface area contributed by atoms with Gasteiger partial charge in [0.1, 0.15) is 17.5 Å².